The van der Waals surface area contributed by atoms with Gasteiger partial charge in [-0.15, -0.1) is 0 Å². The average Bonchev–Trinajstić information content (AvgIpc) is 2.02. The summed E-state index contributed by atoms with van der Waals surface area (Å²) in [5, 5.41) is 0. The van der Waals surface area contributed by atoms with E-state index < -0.39 is 18.0 Å². The second-order valence-electron chi connectivity index (χ2n) is 2.69. The van der Waals surface area contributed by atoms with Gasteiger partial charge in [0.1, 0.15) is 11.4 Å². The van der Waals surface area contributed by atoms with Crippen LogP contribution in [0.15, 0.2) is 6.07 Å². The first-order valence-corrected chi connectivity index (χ1v) is 4.76. The number of hydrogen-bond acceptors (Lipinski definition) is 2. The second kappa shape index (κ2) is 4.16. The molecular formula is C8H7F2IN2O. The lowest BCUT2D eigenvalue weighted by atomic mass is 10.2. The Kier molecular flexibility index (Phi) is 3.35. The molecule has 1 aromatic heterocycles. The van der Waals surface area contributed by atoms with E-state index in [4.69, 9.17) is 5.73 Å². The number of nitrogens with two attached hydrogens (primary N) is 1. The Morgan fingerprint density at radius 2 is 2.21 bits per heavy atom. The van der Waals surface area contributed by atoms with E-state index in [1.165, 1.54) is 6.07 Å². The van der Waals surface area contributed by atoms with Crippen molar-refractivity contribution in [2.75, 3.05) is 0 Å². The van der Waals surface area contributed by atoms with Crippen molar-refractivity contribution in [3.8, 4) is 0 Å². The topological polar surface area (TPSA) is 56.0 Å². The van der Waals surface area contributed by atoms with Crippen LogP contribution >= 0.6 is 22.6 Å². The lowest BCUT2D eigenvalue weighted by Gasteiger charge is -2.06. The molecule has 1 rings (SSSR count). The van der Waals surface area contributed by atoms with E-state index in [1.807, 2.05) is 0 Å². The average molecular weight is 312 g/mol. The molecule has 0 spiro atoms. The molecule has 1 amide bonds. The number of nitrogens with zero attached hydrogens (tertiary/aromatic N) is 1. The van der Waals surface area contributed by atoms with Gasteiger partial charge in [-0.3, -0.25) is 4.79 Å². The summed E-state index contributed by atoms with van der Waals surface area (Å²) in [6.07, 6.45) is -2.69. The fourth-order valence-corrected chi connectivity index (χ4v) is 1.82. The first-order valence-electron chi connectivity index (χ1n) is 3.68. The third kappa shape index (κ3) is 2.17. The van der Waals surface area contributed by atoms with Gasteiger partial charge in [0, 0.05) is 3.57 Å². The molecule has 1 aromatic rings. The summed E-state index contributed by atoms with van der Waals surface area (Å²) in [5.41, 5.74) is 5.00. The lowest BCUT2D eigenvalue weighted by Crippen LogP contribution is -2.16. The van der Waals surface area contributed by atoms with Crippen LogP contribution in [0.4, 0.5) is 8.78 Å². The number of hydrogen-bond donors (Lipinski definition) is 1. The van der Waals surface area contributed by atoms with E-state index in [1.54, 1.807) is 29.5 Å². The standard InChI is InChI=1S/C8H7F2IN2O/c1-3-2-4(11)6(7(9)10)13-5(3)8(12)14/h2,7H,1H3,(H2,12,14). The third-order valence-corrected chi connectivity index (χ3v) is 2.50. The van der Waals surface area contributed by atoms with Gasteiger partial charge in [0.05, 0.1) is 0 Å². The maximum atomic E-state index is 12.4. The highest BCUT2D eigenvalue weighted by atomic mass is 127. The molecule has 0 aliphatic carbocycles. The zero-order chi connectivity index (χ0) is 10.9. The predicted molar refractivity (Wildman–Crippen MR) is 55.2 cm³/mol. The molecular weight excluding hydrogens is 305 g/mol. The zero-order valence-corrected chi connectivity index (χ0v) is 9.38. The number of rotatable bonds is 2. The molecule has 0 unspecified atom stereocenters. The molecule has 14 heavy (non-hydrogen) atoms. The Morgan fingerprint density at radius 3 is 2.64 bits per heavy atom. The van der Waals surface area contributed by atoms with Crippen molar-refractivity contribution in [3.63, 3.8) is 0 Å². The fraction of sp³-hybridized carbons (Fsp3) is 0.250. The zero-order valence-electron chi connectivity index (χ0n) is 7.22. The Balaban J connectivity index is 3.34. The van der Waals surface area contributed by atoms with Crippen LogP contribution in [0.25, 0.3) is 0 Å². The summed E-state index contributed by atoms with van der Waals surface area (Å²) in [6.45, 7) is 1.60. The molecule has 0 aromatic carbocycles. The van der Waals surface area contributed by atoms with Gasteiger partial charge in [-0.2, -0.15) is 0 Å². The largest absolute Gasteiger partial charge is 0.364 e. The molecule has 1 heterocycles. The highest BCUT2D eigenvalue weighted by Gasteiger charge is 2.17. The maximum absolute atomic E-state index is 12.4. The van der Waals surface area contributed by atoms with Gasteiger partial charge in [-0.25, -0.2) is 13.8 Å². The van der Waals surface area contributed by atoms with Gasteiger partial charge in [0.2, 0.25) is 0 Å². The molecule has 3 nitrogen and oxygen atoms in total. The second-order valence-corrected chi connectivity index (χ2v) is 3.85. The minimum Gasteiger partial charge on any atom is -0.364 e. The first-order chi connectivity index (χ1) is 6.43. The summed E-state index contributed by atoms with van der Waals surface area (Å²) in [7, 11) is 0. The Labute approximate surface area is 92.8 Å². The number of amides is 1. The van der Waals surface area contributed by atoms with Crippen LogP contribution in [-0.4, -0.2) is 10.9 Å². The van der Waals surface area contributed by atoms with Crippen molar-refractivity contribution in [2.45, 2.75) is 13.3 Å². The summed E-state index contributed by atoms with van der Waals surface area (Å²) >= 11 is 1.75. The van der Waals surface area contributed by atoms with Gasteiger partial charge in [0.25, 0.3) is 12.3 Å². The summed E-state index contributed by atoms with van der Waals surface area (Å²) in [5.74, 6) is -0.791. The molecule has 0 saturated heterocycles. The van der Waals surface area contributed by atoms with E-state index in [9.17, 15) is 13.6 Å². The minimum atomic E-state index is -2.69. The van der Waals surface area contributed by atoms with E-state index in [0.717, 1.165) is 0 Å². The molecule has 0 fully saturated rings. The van der Waals surface area contributed by atoms with Crippen LogP contribution in [0.2, 0.25) is 0 Å². The van der Waals surface area contributed by atoms with E-state index in [0.29, 0.717) is 9.13 Å². The van der Waals surface area contributed by atoms with Gasteiger partial charge in [0.15, 0.2) is 0 Å². The number of carbonyl (C=O) groups is 1. The molecule has 0 saturated carbocycles. The summed E-state index contributed by atoms with van der Waals surface area (Å²) in [6, 6.07) is 1.47. The number of carbonyl (C=O) groups excluding carboxylic acids is 1. The van der Waals surface area contributed by atoms with E-state index >= 15 is 0 Å². The molecule has 0 aliphatic rings. The molecule has 0 atom stereocenters. The van der Waals surface area contributed by atoms with Crippen molar-refractivity contribution < 1.29 is 13.6 Å². The highest BCUT2D eigenvalue weighted by molar-refractivity contribution is 14.1. The van der Waals surface area contributed by atoms with Crippen LogP contribution in [0.5, 0.6) is 0 Å². The van der Waals surface area contributed by atoms with Gasteiger partial charge < -0.3 is 5.73 Å². The molecule has 0 aliphatic heterocycles. The third-order valence-electron chi connectivity index (χ3n) is 1.63. The highest BCUT2D eigenvalue weighted by Crippen LogP contribution is 2.24. The van der Waals surface area contributed by atoms with Crippen LogP contribution < -0.4 is 5.73 Å². The first kappa shape index (κ1) is 11.3. The summed E-state index contributed by atoms with van der Waals surface area (Å²) < 4.78 is 25.1. The van der Waals surface area contributed by atoms with Crippen molar-refractivity contribution in [1.82, 2.24) is 4.98 Å². The summed E-state index contributed by atoms with van der Waals surface area (Å²) in [4.78, 5) is 14.4. The quantitative estimate of drug-likeness (QED) is 0.850. The normalized spacial score (nSPS) is 10.6. The van der Waals surface area contributed by atoms with Crippen LogP contribution in [0, 0.1) is 10.5 Å². The molecule has 0 radical (unpaired) electrons. The fourth-order valence-electron chi connectivity index (χ4n) is 0.997. The van der Waals surface area contributed by atoms with Crippen molar-refractivity contribution >= 4 is 28.5 Å². The van der Waals surface area contributed by atoms with Crippen molar-refractivity contribution in [3.05, 3.63) is 26.6 Å². The van der Waals surface area contributed by atoms with Crippen molar-refractivity contribution in [1.29, 1.82) is 0 Å². The number of aromatic nitrogens is 1. The molecule has 6 heteroatoms. The minimum absolute atomic E-state index is 0.0966. The van der Waals surface area contributed by atoms with Crippen LogP contribution in [-0.2, 0) is 0 Å². The SMILES string of the molecule is Cc1cc(I)c(C(F)F)nc1C(N)=O. The van der Waals surface area contributed by atoms with Gasteiger partial charge in [-0.1, -0.05) is 0 Å². The number of pyridine rings is 1. The van der Waals surface area contributed by atoms with Crippen molar-refractivity contribution in [2.24, 2.45) is 5.73 Å². The number of aryl methyl sites for hydroxylation is 1. The molecule has 76 valence electrons. The van der Waals surface area contributed by atoms with Gasteiger partial charge in [-0.05, 0) is 41.1 Å². The van der Waals surface area contributed by atoms with Crippen LogP contribution in [0.1, 0.15) is 28.2 Å². The van der Waals surface area contributed by atoms with Crippen LogP contribution in [0.3, 0.4) is 0 Å². The van der Waals surface area contributed by atoms with Gasteiger partial charge >= 0.3 is 0 Å². The maximum Gasteiger partial charge on any atom is 0.281 e. The predicted octanol–water partition coefficient (Wildman–Crippen LogP) is 2.03. The Hall–Kier alpha value is -0.790. The monoisotopic (exact) mass is 312 g/mol. The lowest BCUT2D eigenvalue weighted by molar-refractivity contribution is 0.0992. The molecule has 0 bridgehead atoms. The Morgan fingerprint density at radius 1 is 1.64 bits per heavy atom. The number of halogens is 3. The number of primary amides is 1. The smallest absolute Gasteiger partial charge is 0.281 e. The number of alkyl halides is 2. The van der Waals surface area contributed by atoms with E-state index in [2.05, 4.69) is 4.98 Å². The Bertz CT molecular complexity index is 382. The molecule has 2 N–H and O–H groups in total. The van der Waals surface area contributed by atoms with E-state index in [-0.39, 0.29) is 5.69 Å².